The quantitative estimate of drug-likeness (QED) is 0.289. The number of hydrogen-bond acceptors (Lipinski definition) is 7. The molecule has 8 heteroatoms. The van der Waals surface area contributed by atoms with Gasteiger partial charge in [0.15, 0.2) is 0 Å². The molecule has 2 aromatic carbocycles. The highest BCUT2D eigenvalue weighted by Gasteiger charge is 2.15. The number of nitrogens with one attached hydrogen (secondary N) is 1. The molecule has 2 aromatic rings. The van der Waals surface area contributed by atoms with Gasteiger partial charge in [-0.3, -0.25) is 4.90 Å². The Morgan fingerprint density at radius 1 is 0.811 bits per heavy atom. The average Bonchev–Trinajstić information content (AvgIpc) is 2.85. The topological polar surface area (TPSA) is 89.5 Å². The van der Waals surface area contributed by atoms with Gasteiger partial charge in [-0.1, -0.05) is 60.7 Å². The molecule has 2 N–H and O–H groups in total. The van der Waals surface area contributed by atoms with Crippen molar-refractivity contribution in [1.29, 1.82) is 0 Å². The predicted octanol–water partition coefficient (Wildman–Crippen LogP) is 4.01. The van der Waals surface area contributed by atoms with E-state index in [-0.39, 0.29) is 0 Å². The summed E-state index contributed by atoms with van der Waals surface area (Å²) in [5.74, 6) is 0. The minimum absolute atomic E-state index is 0.383. The number of nitrogens with zero attached hydrogens (tertiary/aromatic N) is 1. The monoisotopic (exact) mass is 516 g/mol. The van der Waals surface area contributed by atoms with Crippen LogP contribution in [-0.4, -0.2) is 80.5 Å². The molecule has 0 radical (unpaired) electrons. The first-order valence-corrected chi connectivity index (χ1v) is 13.0. The molecular weight excluding hydrogens is 472 g/mol. The molecule has 0 aliphatic carbocycles. The third-order valence-electron chi connectivity index (χ3n) is 5.22. The number of carbonyl (C=O) groups excluding carboxylic acids is 1. The fraction of sp³-hybridized carbons (Fsp3) is 0.552. The van der Waals surface area contributed by atoms with Gasteiger partial charge in [-0.2, -0.15) is 0 Å². The van der Waals surface area contributed by atoms with Crippen LogP contribution in [-0.2, 0) is 32.0 Å². The molecule has 0 aliphatic heterocycles. The average molecular weight is 517 g/mol. The van der Waals surface area contributed by atoms with Crippen LogP contribution in [0, 0.1) is 0 Å². The van der Waals surface area contributed by atoms with Crippen LogP contribution in [0.3, 0.4) is 0 Å². The first-order chi connectivity index (χ1) is 17.8. The van der Waals surface area contributed by atoms with Crippen molar-refractivity contribution in [2.24, 2.45) is 0 Å². The van der Waals surface area contributed by atoms with Gasteiger partial charge >= 0.3 is 6.09 Å². The zero-order valence-electron chi connectivity index (χ0n) is 22.6. The second-order valence-corrected chi connectivity index (χ2v) is 9.85. The number of ether oxygens (including phenoxy) is 4. The standard InChI is InChI=1S/C29H44N2O6/c1-29(2,3)37-28(33)30-15-17-35-19-21-36-20-18-34-16-14-27(32)24-31(22-25-10-6-4-7-11-25)23-26-12-8-5-9-13-26/h4-13,27,32H,14-24H2,1-3H3,(H,30,33). The fourth-order valence-electron chi connectivity index (χ4n) is 3.56. The molecule has 0 fully saturated rings. The van der Waals surface area contributed by atoms with E-state index in [1.807, 2.05) is 57.2 Å². The Bertz CT molecular complexity index is 803. The van der Waals surface area contributed by atoms with Crippen LogP contribution in [0.15, 0.2) is 60.7 Å². The van der Waals surface area contributed by atoms with Crippen molar-refractivity contribution in [3.8, 4) is 0 Å². The van der Waals surface area contributed by atoms with Gasteiger partial charge in [0.1, 0.15) is 5.60 Å². The lowest BCUT2D eigenvalue weighted by atomic mass is 10.1. The maximum Gasteiger partial charge on any atom is 0.407 e. The summed E-state index contributed by atoms with van der Waals surface area (Å²) in [5.41, 5.74) is 1.94. The molecule has 0 bridgehead atoms. The minimum Gasteiger partial charge on any atom is -0.444 e. The lowest BCUT2D eigenvalue weighted by molar-refractivity contribution is 0.00448. The number of aliphatic hydroxyl groups is 1. The van der Waals surface area contributed by atoms with E-state index in [1.165, 1.54) is 11.1 Å². The fourth-order valence-corrected chi connectivity index (χ4v) is 3.56. The highest BCUT2D eigenvalue weighted by Crippen LogP contribution is 2.12. The molecule has 206 valence electrons. The van der Waals surface area contributed by atoms with Gasteiger partial charge in [-0.25, -0.2) is 4.79 Å². The maximum absolute atomic E-state index is 11.5. The van der Waals surface area contributed by atoms with E-state index in [4.69, 9.17) is 18.9 Å². The lowest BCUT2D eigenvalue weighted by Crippen LogP contribution is -2.34. The Morgan fingerprint density at radius 3 is 1.81 bits per heavy atom. The molecule has 1 atom stereocenters. The number of rotatable bonds is 18. The van der Waals surface area contributed by atoms with Crippen molar-refractivity contribution in [1.82, 2.24) is 10.2 Å². The summed E-state index contributed by atoms with van der Waals surface area (Å²) in [6.07, 6.45) is -0.362. The summed E-state index contributed by atoms with van der Waals surface area (Å²) in [6.45, 7) is 10.7. The lowest BCUT2D eigenvalue weighted by Gasteiger charge is -2.25. The summed E-state index contributed by atoms with van der Waals surface area (Å²) >= 11 is 0. The van der Waals surface area contributed by atoms with Gasteiger partial charge in [0.25, 0.3) is 0 Å². The molecule has 0 saturated heterocycles. The number of carbonyl (C=O) groups is 1. The maximum atomic E-state index is 11.5. The van der Waals surface area contributed by atoms with Gasteiger partial charge in [-0.15, -0.1) is 0 Å². The van der Waals surface area contributed by atoms with E-state index in [0.29, 0.717) is 59.2 Å². The SMILES string of the molecule is CC(C)(C)OC(=O)NCCOCCOCCOCCC(O)CN(Cc1ccccc1)Cc1ccccc1. The first kappa shape index (κ1) is 30.7. The normalized spacial score (nSPS) is 12.5. The Hall–Kier alpha value is -2.49. The number of benzene rings is 2. The van der Waals surface area contributed by atoms with Gasteiger partial charge in [0, 0.05) is 32.8 Å². The Labute approximate surface area is 221 Å². The highest BCUT2D eigenvalue weighted by molar-refractivity contribution is 5.67. The van der Waals surface area contributed by atoms with Gasteiger partial charge in [0.05, 0.1) is 39.1 Å². The van der Waals surface area contributed by atoms with Gasteiger partial charge < -0.3 is 29.4 Å². The van der Waals surface area contributed by atoms with E-state index < -0.39 is 17.8 Å². The minimum atomic E-state index is -0.510. The first-order valence-electron chi connectivity index (χ1n) is 13.0. The van der Waals surface area contributed by atoms with Crippen molar-refractivity contribution < 1.29 is 28.8 Å². The van der Waals surface area contributed by atoms with Crippen molar-refractivity contribution in [2.75, 3.05) is 52.7 Å². The summed E-state index contributed by atoms with van der Waals surface area (Å²) < 4.78 is 21.7. The second kappa shape index (κ2) is 17.9. The molecule has 1 unspecified atom stereocenters. The molecule has 0 aromatic heterocycles. The Morgan fingerprint density at radius 2 is 1.30 bits per heavy atom. The molecule has 1 amide bonds. The van der Waals surface area contributed by atoms with Crippen LogP contribution in [0.5, 0.6) is 0 Å². The molecule has 2 rings (SSSR count). The largest absolute Gasteiger partial charge is 0.444 e. The number of aliphatic hydroxyl groups excluding tert-OH is 1. The predicted molar refractivity (Wildman–Crippen MR) is 144 cm³/mol. The highest BCUT2D eigenvalue weighted by atomic mass is 16.6. The smallest absolute Gasteiger partial charge is 0.407 e. The van der Waals surface area contributed by atoms with E-state index in [2.05, 4.69) is 34.5 Å². The van der Waals surface area contributed by atoms with Crippen molar-refractivity contribution in [3.63, 3.8) is 0 Å². The van der Waals surface area contributed by atoms with Crippen LogP contribution in [0.1, 0.15) is 38.3 Å². The zero-order valence-corrected chi connectivity index (χ0v) is 22.6. The van der Waals surface area contributed by atoms with Crippen molar-refractivity contribution in [2.45, 2.75) is 52.0 Å². The van der Waals surface area contributed by atoms with Gasteiger partial charge in [0.2, 0.25) is 0 Å². The molecular formula is C29H44N2O6. The third kappa shape index (κ3) is 16.1. The third-order valence-corrected chi connectivity index (χ3v) is 5.22. The molecule has 37 heavy (non-hydrogen) atoms. The number of amides is 1. The van der Waals surface area contributed by atoms with Crippen LogP contribution < -0.4 is 5.32 Å². The van der Waals surface area contributed by atoms with Crippen molar-refractivity contribution in [3.05, 3.63) is 71.8 Å². The number of alkyl carbamates (subject to hydrolysis) is 1. The molecule has 0 spiro atoms. The summed E-state index contributed by atoms with van der Waals surface area (Å²) in [4.78, 5) is 13.8. The molecule has 0 heterocycles. The van der Waals surface area contributed by atoms with Crippen LogP contribution in [0.4, 0.5) is 4.79 Å². The van der Waals surface area contributed by atoms with Crippen LogP contribution in [0.25, 0.3) is 0 Å². The van der Waals surface area contributed by atoms with E-state index in [0.717, 1.165) is 13.1 Å². The van der Waals surface area contributed by atoms with Crippen molar-refractivity contribution >= 4 is 6.09 Å². The van der Waals surface area contributed by atoms with E-state index >= 15 is 0 Å². The van der Waals surface area contributed by atoms with Crippen LogP contribution in [0.2, 0.25) is 0 Å². The molecule has 0 aliphatic rings. The summed E-state index contributed by atoms with van der Waals surface area (Å²) in [5, 5.41) is 13.2. The second-order valence-electron chi connectivity index (χ2n) is 9.85. The van der Waals surface area contributed by atoms with Crippen LogP contribution >= 0.6 is 0 Å². The Kier molecular flexibility index (Phi) is 14.8. The van der Waals surface area contributed by atoms with Gasteiger partial charge in [-0.05, 0) is 38.3 Å². The van der Waals surface area contributed by atoms with E-state index in [1.54, 1.807) is 0 Å². The summed E-state index contributed by atoms with van der Waals surface area (Å²) in [7, 11) is 0. The van der Waals surface area contributed by atoms with E-state index in [9.17, 15) is 9.90 Å². The number of hydrogen-bond donors (Lipinski definition) is 2. The summed E-state index contributed by atoms with van der Waals surface area (Å²) in [6, 6.07) is 20.6. The Balaban J connectivity index is 1.51. The molecule has 8 nitrogen and oxygen atoms in total. The zero-order chi connectivity index (χ0) is 26.8. The molecule has 0 saturated carbocycles.